The summed E-state index contributed by atoms with van der Waals surface area (Å²) in [4.78, 5) is 4.14. The van der Waals surface area contributed by atoms with Gasteiger partial charge in [0.1, 0.15) is 5.75 Å². The number of ether oxygens (including phenoxy) is 1. The number of hydrogen-bond acceptors (Lipinski definition) is 3. The molecule has 3 nitrogen and oxygen atoms in total. The Morgan fingerprint density at radius 1 is 1.54 bits per heavy atom. The Labute approximate surface area is 78.1 Å². The number of aromatic nitrogens is 1. The van der Waals surface area contributed by atoms with Gasteiger partial charge >= 0.3 is 0 Å². The summed E-state index contributed by atoms with van der Waals surface area (Å²) in [7, 11) is 1.67. The SMILES string of the molecule is COc1cncc([C@H]2CCCN2)c1. The molecule has 0 unspecified atom stereocenters. The van der Waals surface area contributed by atoms with Crippen LogP contribution in [-0.4, -0.2) is 18.6 Å². The third-order valence-corrected chi connectivity index (χ3v) is 2.43. The van der Waals surface area contributed by atoms with Crippen molar-refractivity contribution in [2.75, 3.05) is 13.7 Å². The minimum Gasteiger partial charge on any atom is -0.495 e. The molecule has 2 rings (SSSR count). The maximum Gasteiger partial charge on any atom is 0.137 e. The van der Waals surface area contributed by atoms with Gasteiger partial charge in [-0.15, -0.1) is 0 Å². The quantitative estimate of drug-likeness (QED) is 0.745. The third-order valence-electron chi connectivity index (χ3n) is 2.43. The molecule has 1 saturated heterocycles. The van der Waals surface area contributed by atoms with Gasteiger partial charge in [-0.25, -0.2) is 0 Å². The molecule has 0 aromatic carbocycles. The second-order valence-electron chi connectivity index (χ2n) is 3.31. The van der Waals surface area contributed by atoms with Crippen LogP contribution in [0.3, 0.4) is 0 Å². The molecule has 0 radical (unpaired) electrons. The predicted octanol–water partition coefficient (Wildman–Crippen LogP) is 1.51. The first-order valence-corrected chi connectivity index (χ1v) is 4.62. The highest BCUT2D eigenvalue weighted by atomic mass is 16.5. The average molecular weight is 178 g/mol. The van der Waals surface area contributed by atoms with Crippen LogP contribution >= 0.6 is 0 Å². The van der Waals surface area contributed by atoms with Crippen molar-refractivity contribution in [3.8, 4) is 5.75 Å². The highest BCUT2D eigenvalue weighted by molar-refractivity contribution is 5.26. The van der Waals surface area contributed by atoms with Crippen molar-refractivity contribution in [2.45, 2.75) is 18.9 Å². The van der Waals surface area contributed by atoms with Gasteiger partial charge in [0, 0.05) is 12.2 Å². The molecule has 1 aliphatic rings. The van der Waals surface area contributed by atoms with Crippen LogP contribution in [0.15, 0.2) is 18.5 Å². The van der Waals surface area contributed by atoms with Crippen molar-refractivity contribution >= 4 is 0 Å². The van der Waals surface area contributed by atoms with Gasteiger partial charge in [0.25, 0.3) is 0 Å². The van der Waals surface area contributed by atoms with Crippen LogP contribution in [0.1, 0.15) is 24.4 Å². The van der Waals surface area contributed by atoms with E-state index < -0.39 is 0 Å². The van der Waals surface area contributed by atoms with Gasteiger partial charge in [-0.1, -0.05) is 0 Å². The first-order valence-electron chi connectivity index (χ1n) is 4.62. The van der Waals surface area contributed by atoms with Gasteiger partial charge in [-0.05, 0) is 31.0 Å². The highest BCUT2D eigenvalue weighted by Crippen LogP contribution is 2.24. The maximum atomic E-state index is 5.12. The largest absolute Gasteiger partial charge is 0.495 e. The van der Waals surface area contributed by atoms with E-state index in [0.717, 1.165) is 12.3 Å². The molecule has 0 amide bonds. The second kappa shape index (κ2) is 3.75. The summed E-state index contributed by atoms with van der Waals surface area (Å²) >= 11 is 0. The van der Waals surface area contributed by atoms with Crippen LogP contribution in [0.2, 0.25) is 0 Å². The molecule has 3 heteroatoms. The van der Waals surface area contributed by atoms with Crippen molar-refractivity contribution in [3.05, 3.63) is 24.0 Å². The number of methoxy groups -OCH3 is 1. The molecule has 1 aromatic heterocycles. The maximum absolute atomic E-state index is 5.12. The monoisotopic (exact) mass is 178 g/mol. The van der Waals surface area contributed by atoms with Crippen LogP contribution < -0.4 is 10.1 Å². The van der Waals surface area contributed by atoms with Crippen LogP contribution in [0, 0.1) is 0 Å². The molecule has 70 valence electrons. The molecule has 0 aliphatic carbocycles. The predicted molar refractivity (Wildman–Crippen MR) is 50.8 cm³/mol. The van der Waals surface area contributed by atoms with Gasteiger partial charge < -0.3 is 10.1 Å². The molecule has 1 N–H and O–H groups in total. The first kappa shape index (κ1) is 8.51. The smallest absolute Gasteiger partial charge is 0.137 e. The molecule has 2 heterocycles. The Balaban J connectivity index is 2.18. The molecular formula is C10H14N2O. The molecule has 1 aromatic rings. The zero-order valence-corrected chi connectivity index (χ0v) is 7.79. The van der Waals surface area contributed by atoms with Gasteiger partial charge in [0.2, 0.25) is 0 Å². The van der Waals surface area contributed by atoms with E-state index >= 15 is 0 Å². The summed E-state index contributed by atoms with van der Waals surface area (Å²) in [5.41, 5.74) is 1.23. The number of rotatable bonds is 2. The fourth-order valence-electron chi connectivity index (χ4n) is 1.71. The third kappa shape index (κ3) is 1.80. The van der Waals surface area contributed by atoms with Gasteiger partial charge in [0.05, 0.1) is 13.3 Å². The van der Waals surface area contributed by atoms with E-state index in [1.165, 1.54) is 18.4 Å². The number of hydrogen-bond donors (Lipinski definition) is 1. The van der Waals surface area contributed by atoms with Gasteiger partial charge in [0.15, 0.2) is 0 Å². The van der Waals surface area contributed by atoms with Crippen molar-refractivity contribution in [3.63, 3.8) is 0 Å². The van der Waals surface area contributed by atoms with E-state index in [4.69, 9.17) is 4.74 Å². The summed E-state index contributed by atoms with van der Waals surface area (Å²) in [6.45, 7) is 1.11. The molecule has 0 bridgehead atoms. The molecular weight excluding hydrogens is 164 g/mol. The van der Waals surface area contributed by atoms with Gasteiger partial charge in [-0.3, -0.25) is 4.98 Å². The van der Waals surface area contributed by atoms with Gasteiger partial charge in [-0.2, -0.15) is 0 Å². The number of nitrogens with zero attached hydrogens (tertiary/aromatic N) is 1. The standard InChI is InChI=1S/C10H14N2O/c1-13-9-5-8(6-11-7-9)10-3-2-4-12-10/h5-7,10,12H,2-4H2,1H3/t10-/m1/s1. The Bertz CT molecular complexity index is 282. The number of pyridine rings is 1. The lowest BCUT2D eigenvalue weighted by Gasteiger charge is -2.10. The zero-order valence-electron chi connectivity index (χ0n) is 7.79. The van der Waals surface area contributed by atoms with Crippen LogP contribution in [0.5, 0.6) is 5.75 Å². The highest BCUT2D eigenvalue weighted by Gasteiger charge is 2.16. The summed E-state index contributed by atoms with van der Waals surface area (Å²) in [5, 5.41) is 3.43. The summed E-state index contributed by atoms with van der Waals surface area (Å²) < 4.78 is 5.12. The number of nitrogens with one attached hydrogen (secondary N) is 1. The molecule has 1 atom stereocenters. The van der Waals surface area contributed by atoms with Crippen molar-refractivity contribution in [1.29, 1.82) is 0 Å². The molecule has 0 saturated carbocycles. The normalized spacial score (nSPS) is 21.8. The molecule has 13 heavy (non-hydrogen) atoms. The first-order chi connectivity index (χ1) is 6.40. The van der Waals surface area contributed by atoms with Crippen LogP contribution in [-0.2, 0) is 0 Å². The average Bonchev–Trinajstić information content (AvgIpc) is 2.71. The summed E-state index contributed by atoms with van der Waals surface area (Å²) in [5.74, 6) is 0.839. The lowest BCUT2D eigenvalue weighted by Crippen LogP contribution is -2.12. The minimum atomic E-state index is 0.475. The summed E-state index contributed by atoms with van der Waals surface area (Å²) in [6, 6.07) is 2.53. The Kier molecular flexibility index (Phi) is 2.45. The fraction of sp³-hybridized carbons (Fsp3) is 0.500. The Morgan fingerprint density at radius 2 is 2.46 bits per heavy atom. The fourth-order valence-corrected chi connectivity index (χ4v) is 1.71. The zero-order chi connectivity index (χ0) is 9.10. The van der Waals surface area contributed by atoms with E-state index in [1.54, 1.807) is 13.3 Å². The minimum absolute atomic E-state index is 0.475. The van der Waals surface area contributed by atoms with E-state index in [0.29, 0.717) is 6.04 Å². The van der Waals surface area contributed by atoms with E-state index in [1.807, 2.05) is 6.20 Å². The summed E-state index contributed by atoms with van der Waals surface area (Å²) in [6.07, 6.45) is 6.10. The molecule has 1 aliphatic heterocycles. The van der Waals surface area contributed by atoms with E-state index in [9.17, 15) is 0 Å². The van der Waals surface area contributed by atoms with E-state index in [-0.39, 0.29) is 0 Å². The Hall–Kier alpha value is -1.09. The lowest BCUT2D eigenvalue weighted by atomic mass is 10.1. The topological polar surface area (TPSA) is 34.1 Å². The van der Waals surface area contributed by atoms with Crippen LogP contribution in [0.25, 0.3) is 0 Å². The van der Waals surface area contributed by atoms with E-state index in [2.05, 4.69) is 16.4 Å². The second-order valence-corrected chi connectivity index (χ2v) is 3.31. The van der Waals surface area contributed by atoms with Crippen molar-refractivity contribution in [2.24, 2.45) is 0 Å². The molecule has 0 spiro atoms. The van der Waals surface area contributed by atoms with Crippen molar-refractivity contribution < 1.29 is 4.74 Å². The van der Waals surface area contributed by atoms with Crippen molar-refractivity contribution in [1.82, 2.24) is 10.3 Å². The Morgan fingerprint density at radius 3 is 3.15 bits per heavy atom. The molecule has 1 fully saturated rings. The van der Waals surface area contributed by atoms with Crippen LogP contribution in [0.4, 0.5) is 0 Å². The lowest BCUT2D eigenvalue weighted by molar-refractivity contribution is 0.411.